The van der Waals surface area contributed by atoms with Gasteiger partial charge in [-0.05, 0) is 76.3 Å². The highest BCUT2D eigenvalue weighted by molar-refractivity contribution is 6.00. The van der Waals surface area contributed by atoms with E-state index in [9.17, 15) is 14.4 Å². The Hall–Kier alpha value is -3.68. The van der Waals surface area contributed by atoms with Gasteiger partial charge in [-0.3, -0.25) is 4.79 Å². The van der Waals surface area contributed by atoms with E-state index < -0.39 is 23.4 Å². The minimum Gasteiger partial charge on any atom is -0.444 e. The van der Waals surface area contributed by atoms with E-state index in [1.54, 1.807) is 26.8 Å². The average Bonchev–Trinajstić information content (AvgIpc) is 3.13. The summed E-state index contributed by atoms with van der Waals surface area (Å²) in [4.78, 5) is 36.1. The van der Waals surface area contributed by atoms with Crippen LogP contribution in [0.15, 0.2) is 42.5 Å². The summed E-state index contributed by atoms with van der Waals surface area (Å²) < 4.78 is 11.8. The van der Waals surface area contributed by atoms with Crippen LogP contribution in [-0.2, 0) is 9.47 Å². The van der Waals surface area contributed by atoms with Gasteiger partial charge in [0.25, 0.3) is 0 Å². The molecule has 8 nitrogen and oxygen atoms in total. The zero-order valence-electron chi connectivity index (χ0n) is 21.3. The lowest BCUT2D eigenvalue weighted by molar-refractivity contribution is 0.0512. The molecule has 2 aromatic carbocycles. The van der Waals surface area contributed by atoms with Gasteiger partial charge in [-0.1, -0.05) is 37.3 Å². The van der Waals surface area contributed by atoms with Gasteiger partial charge < -0.3 is 14.8 Å². The molecule has 0 aliphatic carbocycles. The molecule has 0 saturated carbocycles. The Morgan fingerprint density at radius 1 is 0.971 bits per heavy atom. The van der Waals surface area contributed by atoms with Crippen molar-refractivity contribution in [1.29, 1.82) is 0 Å². The fraction of sp³-hybridized carbons (Fsp3) is 0.407. The molecule has 0 fully saturated rings. The number of carbonyl (C=O) groups excluding carboxylic acids is 3. The fourth-order valence-corrected chi connectivity index (χ4v) is 3.52. The number of nitrogens with one attached hydrogen (secondary N) is 1. The lowest BCUT2D eigenvalue weighted by Gasteiger charge is -2.21. The SMILES string of the molecule is CC(CNC(=O)OC(C)(C)C)c1ccc(-c2ccc3c(c2)c(C=O)nn3C(=O)OC(C)(C)C)cc1. The maximum atomic E-state index is 12.6. The van der Waals surface area contributed by atoms with Crippen LogP contribution >= 0.6 is 0 Å². The number of hydrogen-bond donors (Lipinski definition) is 1. The molecule has 1 heterocycles. The Kier molecular flexibility index (Phi) is 7.33. The van der Waals surface area contributed by atoms with Crippen LogP contribution < -0.4 is 5.32 Å². The molecule has 1 aromatic heterocycles. The lowest BCUT2D eigenvalue weighted by Crippen LogP contribution is -2.34. The molecule has 8 heteroatoms. The Bertz CT molecular complexity index is 1230. The van der Waals surface area contributed by atoms with Crippen molar-refractivity contribution in [2.45, 2.75) is 65.6 Å². The van der Waals surface area contributed by atoms with E-state index in [4.69, 9.17) is 9.47 Å². The Morgan fingerprint density at radius 2 is 1.57 bits per heavy atom. The van der Waals surface area contributed by atoms with Gasteiger partial charge in [0, 0.05) is 11.9 Å². The Morgan fingerprint density at radius 3 is 2.14 bits per heavy atom. The van der Waals surface area contributed by atoms with E-state index in [1.807, 2.05) is 64.1 Å². The first kappa shape index (κ1) is 25.9. The summed E-state index contributed by atoms with van der Waals surface area (Å²) >= 11 is 0. The van der Waals surface area contributed by atoms with Gasteiger partial charge in [0.05, 0.1) is 5.52 Å². The number of alkyl carbamates (subject to hydrolysis) is 1. The predicted molar refractivity (Wildman–Crippen MR) is 135 cm³/mol. The maximum Gasteiger partial charge on any atom is 0.435 e. The monoisotopic (exact) mass is 479 g/mol. The molecule has 0 spiro atoms. The second kappa shape index (κ2) is 9.90. The van der Waals surface area contributed by atoms with Gasteiger partial charge in [-0.15, -0.1) is 0 Å². The topological polar surface area (TPSA) is 99.5 Å². The van der Waals surface area contributed by atoms with Crippen LogP contribution in [0.5, 0.6) is 0 Å². The van der Waals surface area contributed by atoms with E-state index in [1.165, 1.54) is 0 Å². The molecule has 0 aliphatic rings. The number of rotatable bonds is 5. The van der Waals surface area contributed by atoms with Crippen molar-refractivity contribution >= 4 is 29.4 Å². The Balaban J connectivity index is 1.79. The summed E-state index contributed by atoms with van der Waals surface area (Å²) in [6.45, 7) is 13.3. The summed E-state index contributed by atoms with van der Waals surface area (Å²) in [6, 6.07) is 13.5. The zero-order chi connectivity index (χ0) is 26.0. The third kappa shape index (κ3) is 6.68. The zero-order valence-corrected chi connectivity index (χ0v) is 21.3. The van der Waals surface area contributed by atoms with Gasteiger partial charge in [0.2, 0.25) is 0 Å². The van der Waals surface area contributed by atoms with Crippen LogP contribution in [0.3, 0.4) is 0 Å². The van der Waals surface area contributed by atoms with E-state index in [0.29, 0.717) is 23.7 Å². The van der Waals surface area contributed by atoms with E-state index in [0.717, 1.165) is 21.4 Å². The van der Waals surface area contributed by atoms with E-state index in [2.05, 4.69) is 10.4 Å². The number of nitrogens with zero attached hydrogens (tertiary/aromatic N) is 2. The van der Waals surface area contributed by atoms with Crippen molar-refractivity contribution in [1.82, 2.24) is 15.1 Å². The number of carbonyl (C=O) groups is 3. The van der Waals surface area contributed by atoms with Crippen LogP contribution in [0, 0.1) is 0 Å². The molecule has 1 amide bonds. The molecule has 3 aromatic rings. The van der Waals surface area contributed by atoms with Gasteiger partial charge in [0.1, 0.15) is 16.9 Å². The fourth-order valence-electron chi connectivity index (χ4n) is 3.52. The standard InChI is InChI=1S/C27H33N3O5/c1-17(15-28-24(32)34-26(2,3)4)18-8-10-19(11-9-18)20-12-13-23-21(14-20)22(16-31)29-30(23)25(33)35-27(5,6)7/h8-14,16-17H,15H2,1-7H3,(H,28,32). The summed E-state index contributed by atoms with van der Waals surface area (Å²) in [6.07, 6.45) is -0.441. The predicted octanol–water partition coefficient (Wildman–Crippen LogP) is 5.93. The number of hydrogen-bond acceptors (Lipinski definition) is 6. The normalized spacial score (nSPS) is 12.8. The van der Waals surface area contributed by atoms with Crippen molar-refractivity contribution in [2.75, 3.05) is 6.54 Å². The van der Waals surface area contributed by atoms with Crippen molar-refractivity contribution in [2.24, 2.45) is 0 Å². The van der Waals surface area contributed by atoms with Gasteiger partial charge in [-0.2, -0.15) is 9.78 Å². The van der Waals surface area contributed by atoms with Gasteiger partial charge in [-0.25, -0.2) is 9.59 Å². The number of ether oxygens (including phenoxy) is 2. The lowest BCUT2D eigenvalue weighted by atomic mass is 9.97. The first-order valence-corrected chi connectivity index (χ1v) is 11.6. The second-order valence-corrected chi connectivity index (χ2v) is 10.5. The van der Waals surface area contributed by atoms with Crippen molar-refractivity contribution < 1.29 is 23.9 Å². The molecule has 35 heavy (non-hydrogen) atoms. The highest BCUT2D eigenvalue weighted by Gasteiger charge is 2.22. The second-order valence-electron chi connectivity index (χ2n) is 10.5. The average molecular weight is 480 g/mol. The maximum absolute atomic E-state index is 12.6. The van der Waals surface area contributed by atoms with Crippen LogP contribution in [-0.4, -0.2) is 46.0 Å². The Labute approximate surface area is 205 Å². The smallest absolute Gasteiger partial charge is 0.435 e. The number of benzene rings is 2. The first-order chi connectivity index (χ1) is 16.3. The molecule has 186 valence electrons. The number of aldehydes is 1. The van der Waals surface area contributed by atoms with Crippen molar-refractivity contribution in [3.8, 4) is 11.1 Å². The van der Waals surface area contributed by atoms with Crippen molar-refractivity contribution in [3.05, 3.63) is 53.7 Å². The van der Waals surface area contributed by atoms with Gasteiger partial charge >= 0.3 is 12.2 Å². The summed E-state index contributed by atoms with van der Waals surface area (Å²) in [7, 11) is 0. The molecule has 1 atom stereocenters. The highest BCUT2D eigenvalue weighted by atomic mass is 16.6. The molecule has 0 aliphatic heterocycles. The number of fused-ring (bicyclic) bond motifs is 1. The largest absolute Gasteiger partial charge is 0.444 e. The quantitative estimate of drug-likeness (QED) is 0.456. The highest BCUT2D eigenvalue weighted by Crippen LogP contribution is 2.28. The molecule has 0 saturated heterocycles. The van der Waals surface area contributed by atoms with Crippen LogP contribution in [0.2, 0.25) is 0 Å². The van der Waals surface area contributed by atoms with E-state index >= 15 is 0 Å². The third-order valence-electron chi connectivity index (χ3n) is 5.15. The molecular formula is C27H33N3O5. The van der Waals surface area contributed by atoms with E-state index in [-0.39, 0.29) is 11.6 Å². The summed E-state index contributed by atoms with van der Waals surface area (Å²) in [5, 5.41) is 7.52. The van der Waals surface area contributed by atoms with Gasteiger partial charge in [0.15, 0.2) is 6.29 Å². The first-order valence-electron chi connectivity index (χ1n) is 11.6. The molecule has 0 bridgehead atoms. The minimum absolute atomic E-state index is 0.0905. The summed E-state index contributed by atoms with van der Waals surface area (Å²) in [5.41, 5.74) is 2.35. The van der Waals surface area contributed by atoms with Crippen LogP contribution in [0.25, 0.3) is 22.0 Å². The molecule has 3 rings (SSSR count). The molecule has 1 N–H and O–H groups in total. The molecular weight excluding hydrogens is 446 g/mol. The number of amides is 1. The summed E-state index contributed by atoms with van der Waals surface area (Å²) in [5.74, 6) is 0.0905. The molecule has 0 radical (unpaired) electrons. The molecule has 1 unspecified atom stereocenters. The minimum atomic E-state index is -0.683. The van der Waals surface area contributed by atoms with Crippen LogP contribution in [0.1, 0.15) is 70.4 Å². The van der Waals surface area contributed by atoms with Crippen LogP contribution in [0.4, 0.5) is 9.59 Å². The van der Waals surface area contributed by atoms with Crippen molar-refractivity contribution in [3.63, 3.8) is 0 Å². The third-order valence-corrected chi connectivity index (χ3v) is 5.15. The number of aromatic nitrogens is 2.